The van der Waals surface area contributed by atoms with Gasteiger partial charge >= 0.3 is 0 Å². The number of rotatable bonds is 4. The summed E-state index contributed by atoms with van der Waals surface area (Å²) in [6.45, 7) is 0. The van der Waals surface area contributed by atoms with Crippen molar-refractivity contribution in [3.05, 3.63) is 61.2 Å². The maximum absolute atomic E-state index is 5.41. The van der Waals surface area contributed by atoms with E-state index in [2.05, 4.69) is 21.0 Å². The van der Waals surface area contributed by atoms with Gasteiger partial charge in [-0.2, -0.15) is 0 Å². The standard InChI is InChI=1S/C20H17N3O2/c1-24-18-4-3-14(10-19(18)25-2)15-9-16-17(12-23-20(16)22-11-15)13-5-7-21-8-6-13/h3-12H,1-2H3,(H,22,23). The number of nitrogens with zero attached hydrogens (tertiary/aromatic N) is 2. The fourth-order valence-corrected chi connectivity index (χ4v) is 2.95. The van der Waals surface area contributed by atoms with Crippen molar-refractivity contribution in [1.82, 2.24) is 15.0 Å². The van der Waals surface area contributed by atoms with E-state index in [1.165, 1.54) is 0 Å². The molecule has 0 aliphatic carbocycles. The van der Waals surface area contributed by atoms with E-state index in [-0.39, 0.29) is 0 Å². The molecule has 0 aliphatic heterocycles. The van der Waals surface area contributed by atoms with Crippen LogP contribution in [0.3, 0.4) is 0 Å². The predicted octanol–water partition coefficient (Wildman–Crippen LogP) is 4.31. The van der Waals surface area contributed by atoms with E-state index in [9.17, 15) is 0 Å². The number of aromatic amines is 1. The van der Waals surface area contributed by atoms with Gasteiger partial charge in [0.2, 0.25) is 0 Å². The van der Waals surface area contributed by atoms with Gasteiger partial charge in [0.15, 0.2) is 11.5 Å². The minimum absolute atomic E-state index is 0.698. The zero-order chi connectivity index (χ0) is 17.2. The van der Waals surface area contributed by atoms with Gasteiger partial charge in [-0.15, -0.1) is 0 Å². The molecule has 0 atom stereocenters. The largest absolute Gasteiger partial charge is 0.493 e. The molecule has 3 aromatic heterocycles. The minimum atomic E-state index is 0.698. The van der Waals surface area contributed by atoms with Gasteiger partial charge in [-0.25, -0.2) is 4.98 Å². The van der Waals surface area contributed by atoms with Gasteiger partial charge in [0.05, 0.1) is 14.2 Å². The predicted molar refractivity (Wildman–Crippen MR) is 97.9 cm³/mol. The van der Waals surface area contributed by atoms with Gasteiger partial charge in [0, 0.05) is 41.3 Å². The van der Waals surface area contributed by atoms with Crippen LogP contribution in [0, 0.1) is 0 Å². The molecule has 5 heteroatoms. The lowest BCUT2D eigenvalue weighted by molar-refractivity contribution is 0.355. The molecule has 0 saturated heterocycles. The zero-order valence-electron chi connectivity index (χ0n) is 14.0. The maximum Gasteiger partial charge on any atom is 0.161 e. The van der Waals surface area contributed by atoms with E-state index >= 15 is 0 Å². The van der Waals surface area contributed by atoms with E-state index in [1.54, 1.807) is 26.6 Å². The van der Waals surface area contributed by atoms with Crippen LogP contribution in [0.25, 0.3) is 33.3 Å². The SMILES string of the molecule is COc1ccc(-c2cnc3[nH]cc(-c4ccncc4)c3c2)cc1OC. The Labute approximate surface area is 145 Å². The number of ether oxygens (including phenoxy) is 2. The van der Waals surface area contributed by atoms with Crippen molar-refractivity contribution in [1.29, 1.82) is 0 Å². The quantitative estimate of drug-likeness (QED) is 0.605. The topological polar surface area (TPSA) is 60.0 Å². The Balaban J connectivity index is 1.84. The Hall–Kier alpha value is -3.34. The van der Waals surface area contributed by atoms with Crippen LogP contribution < -0.4 is 9.47 Å². The summed E-state index contributed by atoms with van der Waals surface area (Å²) in [7, 11) is 3.27. The molecule has 4 aromatic rings. The summed E-state index contributed by atoms with van der Waals surface area (Å²) in [5.41, 5.74) is 5.10. The van der Waals surface area contributed by atoms with Crippen LogP contribution >= 0.6 is 0 Å². The van der Waals surface area contributed by atoms with Crippen molar-refractivity contribution in [2.75, 3.05) is 14.2 Å². The molecule has 1 N–H and O–H groups in total. The van der Waals surface area contributed by atoms with Crippen LogP contribution in [0.5, 0.6) is 11.5 Å². The summed E-state index contributed by atoms with van der Waals surface area (Å²) in [4.78, 5) is 11.9. The molecule has 0 bridgehead atoms. The molecule has 0 fully saturated rings. The Kier molecular flexibility index (Phi) is 3.82. The molecule has 0 unspecified atom stereocenters. The molecule has 0 amide bonds. The molecular weight excluding hydrogens is 314 g/mol. The first-order valence-electron chi connectivity index (χ1n) is 7.90. The normalized spacial score (nSPS) is 10.8. The second-order valence-electron chi connectivity index (χ2n) is 5.63. The van der Waals surface area contributed by atoms with Crippen LogP contribution in [0.15, 0.2) is 61.2 Å². The van der Waals surface area contributed by atoms with Crippen molar-refractivity contribution in [3.8, 4) is 33.8 Å². The van der Waals surface area contributed by atoms with E-state index in [0.717, 1.165) is 33.3 Å². The highest BCUT2D eigenvalue weighted by Gasteiger charge is 2.11. The zero-order valence-corrected chi connectivity index (χ0v) is 14.0. The van der Waals surface area contributed by atoms with Gasteiger partial charge in [-0.05, 0) is 41.5 Å². The first kappa shape index (κ1) is 15.2. The molecule has 25 heavy (non-hydrogen) atoms. The number of aromatic nitrogens is 3. The van der Waals surface area contributed by atoms with Crippen LogP contribution in [0.2, 0.25) is 0 Å². The molecule has 0 saturated carbocycles. The van der Waals surface area contributed by atoms with Gasteiger partial charge in [-0.3, -0.25) is 4.98 Å². The second-order valence-corrected chi connectivity index (χ2v) is 5.63. The first-order valence-corrected chi connectivity index (χ1v) is 7.90. The number of hydrogen-bond acceptors (Lipinski definition) is 4. The molecule has 1 aromatic carbocycles. The smallest absolute Gasteiger partial charge is 0.161 e. The Morgan fingerprint density at radius 1 is 0.840 bits per heavy atom. The Morgan fingerprint density at radius 2 is 1.64 bits per heavy atom. The average Bonchev–Trinajstić information content (AvgIpc) is 3.11. The summed E-state index contributed by atoms with van der Waals surface area (Å²) in [6, 6.07) is 12.0. The number of hydrogen-bond donors (Lipinski definition) is 1. The molecule has 5 nitrogen and oxygen atoms in total. The molecule has 0 radical (unpaired) electrons. The fourth-order valence-electron chi connectivity index (χ4n) is 2.95. The lowest BCUT2D eigenvalue weighted by Gasteiger charge is -2.10. The van der Waals surface area contributed by atoms with Gasteiger partial charge in [-0.1, -0.05) is 6.07 Å². The monoisotopic (exact) mass is 331 g/mol. The fraction of sp³-hybridized carbons (Fsp3) is 0.100. The minimum Gasteiger partial charge on any atom is -0.493 e. The highest BCUT2D eigenvalue weighted by Crippen LogP contribution is 2.34. The van der Waals surface area contributed by atoms with Crippen LogP contribution in [-0.2, 0) is 0 Å². The highest BCUT2D eigenvalue weighted by atomic mass is 16.5. The van der Waals surface area contributed by atoms with Crippen LogP contribution in [0.4, 0.5) is 0 Å². The van der Waals surface area contributed by atoms with E-state index in [0.29, 0.717) is 11.5 Å². The summed E-state index contributed by atoms with van der Waals surface area (Å²) >= 11 is 0. The highest BCUT2D eigenvalue weighted by molar-refractivity contribution is 5.95. The number of methoxy groups -OCH3 is 2. The molecule has 0 spiro atoms. The van der Waals surface area contributed by atoms with Gasteiger partial charge in [0.1, 0.15) is 5.65 Å². The lowest BCUT2D eigenvalue weighted by Crippen LogP contribution is -1.91. The summed E-state index contributed by atoms with van der Waals surface area (Å²) in [5.74, 6) is 1.41. The van der Waals surface area contributed by atoms with Crippen molar-refractivity contribution in [3.63, 3.8) is 0 Å². The molecule has 124 valence electrons. The number of H-pyrrole nitrogens is 1. The van der Waals surface area contributed by atoms with Crippen molar-refractivity contribution < 1.29 is 9.47 Å². The summed E-state index contributed by atoms with van der Waals surface area (Å²) < 4.78 is 10.7. The second kappa shape index (κ2) is 6.28. The van der Waals surface area contributed by atoms with Crippen molar-refractivity contribution >= 4 is 11.0 Å². The average molecular weight is 331 g/mol. The number of fused-ring (bicyclic) bond motifs is 1. The van der Waals surface area contributed by atoms with Crippen molar-refractivity contribution in [2.24, 2.45) is 0 Å². The van der Waals surface area contributed by atoms with Crippen LogP contribution in [0.1, 0.15) is 0 Å². The molecule has 4 rings (SSSR count). The Bertz CT molecular complexity index is 1030. The third kappa shape index (κ3) is 2.70. The molecule has 3 heterocycles. The third-order valence-corrected chi connectivity index (χ3v) is 4.24. The molecule has 0 aliphatic rings. The first-order chi connectivity index (χ1) is 12.3. The number of pyridine rings is 2. The van der Waals surface area contributed by atoms with Crippen molar-refractivity contribution in [2.45, 2.75) is 0 Å². The Morgan fingerprint density at radius 3 is 2.40 bits per heavy atom. The summed E-state index contributed by atoms with van der Waals surface area (Å²) in [6.07, 6.45) is 7.42. The number of benzene rings is 1. The third-order valence-electron chi connectivity index (χ3n) is 4.24. The summed E-state index contributed by atoms with van der Waals surface area (Å²) in [5, 5.41) is 1.07. The number of nitrogens with one attached hydrogen (secondary N) is 1. The van der Waals surface area contributed by atoms with E-state index < -0.39 is 0 Å². The van der Waals surface area contributed by atoms with Gasteiger partial charge in [0.25, 0.3) is 0 Å². The van der Waals surface area contributed by atoms with E-state index in [4.69, 9.17) is 9.47 Å². The maximum atomic E-state index is 5.41. The lowest BCUT2D eigenvalue weighted by atomic mass is 10.0. The van der Waals surface area contributed by atoms with Crippen LogP contribution in [-0.4, -0.2) is 29.2 Å². The van der Waals surface area contributed by atoms with Gasteiger partial charge < -0.3 is 14.5 Å². The van der Waals surface area contributed by atoms with E-state index in [1.807, 2.05) is 42.7 Å². The molecular formula is C20H17N3O2.